The van der Waals surface area contributed by atoms with Gasteiger partial charge in [-0.2, -0.15) is 0 Å². The minimum atomic E-state index is -0.266. The second-order valence-electron chi connectivity index (χ2n) is 5.41. The second-order valence-corrected chi connectivity index (χ2v) is 5.41. The summed E-state index contributed by atoms with van der Waals surface area (Å²) < 4.78 is 1.72. The number of pyridine rings is 1. The normalized spacial score (nSPS) is 13.2. The Balaban J connectivity index is 0.00000169. The van der Waals surface area contributed by atoms with E-state index in [-0.39, 0.29) is 41.1 Å². The number of hydrogen-bond donors (Lipinski definition) is 1. The van der Waals surface area contributed by atoms with Crippen LogP contribution in [0.25, 0.3) is 5.65 Å². The van der Waals surface area contributed by atoms with Crippen molar-refractivity contribution in [3.63, 3.8) is 0 Å². The van der Waals surface area contributed by atoms with Crippen LogP contribution in [0.3, 0.4) is 0 Å². The molecule has 7 heteroatoms. The zero-order chi connectivity index (χ0) is 16.0. The number of rotatable bonds is 3. The third-order valence-electron chi connectivity index (χ3n) is 3.98. The van der Waals surface area contributed by atoms with E-state index in [0.29, 0.717) is 28.9 Å². The molecule has 0 bridgehead atoms. The lowest BCUT2D eigenvalue weighted by Gasteiger charge is -2.12. The first-order valence-corrected chi connectivity index (χ1v) is 7.26. The molecule has 122 valence electrons. The molecule has 4 rings (SSSR count). The number of carbonyl (C=O) groups excluding carboxylic acids is 2. The van der Waals surface area contributed by atoms with E-state index >= 15 is 0 Å². The van der Waals surface area contributed by atoms with Gasteiger partial charge in [-0.15, -0.1) is 17.0 Å². The highest BCUT2D eigenvalue weighted by Crippen LogP contribution is 2.23. The van der Waals surface area contributed by atoms with Crippen molar-refractivity contribution < 1.29 is 14.7 Å². The maximum absolute atomic E-state index is 12.3. The zero-order valence-electron chi connectivity index (χ0n) is 12.5. The summed E-state index contributed by atoms with van der Waals surface area (Å²) in [6.07, 6.45) is 4.01. The molecule has 3 aromatic rings. The lowest BCUT2D eigenvalue weighted by Crippen LogP contribution is -2.31. The number of aromatic nitrogens is 2. The molecule has 0 saturated heterocycles. The lowest BCUT2D eigenvalue weighted by molar-refractivity contribution is 0.0656. The molecule has 0 aliphatic carbocycles. The first-order valence-electron chi connectivity index (χ1n) is 7.26. The van der Waals surface area contributed by atoms with Gasteiger partial charge in [-0.3, -0.25) is 14.5 Å². The molecule has 0 spiro atoms. The molecule has 2 aromatic heterocycles. The Morgan fingerprint density at radius 2 is 1.67 bits per heavy atom. The van der Waals surface area contributed by atoms with E-state index in [9.17, 15) is 14.7 Å². The molecule has 24 heavy (non-hydrogen) atoms. The number of hydrogen-bond acceptors (Lipinski definition) is 4. The largest absolute Gasteiger partial charge is 0.504 e. The predicted molar refractivity (Wildman–Crippen MR) is 92.7 cm³/mol. The summed E-state index contributed by atoms with van der Waals surface area (Å²) in [4.78, 5) is 30.2. The number of imide groups is 1. The van der Waals surface area contributed by atoms with Gasteiger partial charge in [-0.25, -0.2) is 4.98 Å². The fraction of sp³-hybridized carbons (Fsp3) is 0.118. The fourth-order valence-electron chi connectivity index (χ4n) is 2.84. The van der Waals surface area contributed by atoms with Crippen molar-refractivity contribution in [2.24, 2.45) is 0 Å². The third kappa shape index (κ3) is 2.46. The van der Waals surface area contributed by atoms with Gasteiger partial charge < -0.3 is 9.51 Å². The van der Waals surface area contributed by atoms with Crippen molar-refractivity contribution in [1.29, 1.82) is 0 Å². The number of imidazole rings is 1. The summed E-state index contributed by atoms with van der Waals surface area (Å²) in [7, 11) is 0. The molecule has 1 aliphatic heterocycles. The number of nitrogens with zero attached hydrogens (tertiary/aromatic N) is 3. The van der Waals surface area contributed by atoms with Gasteiger partial charge in [0.05, 0.1) is 16.8 Å². The molecule has 1 N–H and O–H groups in total. The first-order chi connectivity index (χ1) is 11.1. The van der Waals surface area contributed by atoms with Crippen molar-refractivity contribution >= 4 is 34.4 Å². The Morgan fingerprint density at radius 3 is 2.29 bits per heavy atom. The molecule has 0 saturated carbocycles. The molecule has 0 unspecified atom stereocenters. The van der Waals surface area contributed by atoms with Gasteiger partial charge in [0.1, 0.15) is 0 Å². The van der Waals surface area contributed by atoms with Crippen LogP contribution in [0.15, 0.2) is 48.8 Å². The highest BCUT2D eigenvalue weighted by atomic mass is 79.9. The maximum atomic E-state index is 12.3. The van der Waals surface area contributed by atoms with Gasteiger partial charge in [0, 0.05) is 25.4 Å². The first kappa shape index (κ1) is 16.2. The Bertz CT molecular complexity index is 916. The molecule has 2 amide bonds. The van der Waals surface area contributed by atoms with E-state index < -0.39 is 0 Å². The van der Waals surface area contributed by atoms with E-state index in [1.165, 1.54) is 4.90 Å². The molecular weight excluding hydrogens is 374 g/mol. The summed E-state index contributed by atoms with van der Waals surface area (Å²) in [6, 6.07) is 10.1. The van der Waals surface area contributed by atoms with Crippen LogP contribution in [0.1, 0.15) is 26.4 Å². The Kier molecular flexibility index (Phi) is 4.11. The number of fused-ring (bicyclic) bond motifs is 2. The van der Waals surface area contributed by atoms with Crippen LogP contribution >= 0.6 is 17.0 Å². The van der Waals surface area contributed by atoms with Gasteiger partial charge in [0.25, 0.3) is 11.8 Å². The molecule has 3 heterocycles. The number of carbonyl (C=O) groups is 2. The van der Waals surface area contributed by atoms with Crippen LogP contribution in [-0.4, -0.2) is 37.8 Å². The standard InChI is InChI=1S/C17H13N3O3.BrH/c21-14-6-3-8-19-10-11(18-15(14)19)7-9-20-16(22)12-4-1-2-5-13(12)17(20)23;/h1-6,8,10,21H,7,9H2;1H. The van der Waals surface area contributed by atoms with Crippen LogP contribution in [0.5, 0.6) is 5.75 Å². The van der Waals surface area contributed by atoms with E-state index in [4.69, 9.17) is 0 Å². The minimum absolute atomic E-state index is 0. The van der Waals surface area contributed by atoms with E-state index in [1.54, 1.807) is 53.2 Å². The highest BCUT2D eigenvalue weighted by Gasteiger charge is 2.34. The van der Waals surface area contributed by atoms with Crippen LogP contribution in [-0.2, 0) is 6.42 Å². The van der Waals surface area contributed by atoms with E-state index in [2.05, 4.69) is 4.98 Å². The van der Waals surface area contributed by atoms with E-state index in [1.807, 2.05) is 0 Å². The van der Waals surface area contributed by atoms with Crippen molar-refractivity contribution in [3.8, 4) is 5.75 Å². The average Bonchev–Trinajstić information content (AvgIpc) is 3.08. The lowest BCUT2D eigenvalue weighted by atomic mass is 10.1. The van der Waals surface area contributed by atoms with Crippen molar-refractivity contribution in [1.82, 2.24) is 14.3 Å². The zero-order valence-corrected chi connectivity index (χ0v) is 14.3. The average molecular weight is 388 g/mol. The quantitative estimate of drug-likeness (QED) is 0.700. The number of benzene rings is 1. The molecular formula is C17H14BrN3O3. The highest BCUT2D eigenvalue weighted by molar-refractivity contribution is 8.93. The summed E-state index contributed by atoms with van der Waals surface area (Å²) in [6.45, 7) is 0.261. The summed E-state index contributed by atoms with van der Waals surface area (Å²) >= 11 is 0. The second kappa shape index (κ2) is 6.09. The topological polar surface area (TPSA) is 74.9 Å². The van der Waals surface area contributed by atoms with Gasteiger partial charge in [0.15, 0.2) is 11.4 Å². The third-order valence-corrected chi connectivity index (χ3v) is 3.98. The minimum Gasteiger partial charge on any atom is -0.504 e. The molecule has 0 radical (unpaired) electrons. The molecule has 1 aliphatic rings. The summed E-state index contributed by atoms with van der Waals surface area (Å²) in [5, 5.41) is 9.76. The van der Waals surface area contributed by atoms with Gasteiger partial charge >= 0.3 is 0 Å². The monoisotopic (exact) mass is 387 g/mol. The Morgan fingerprint density at radius 1 is 1.00 bits per heavy atom. The SMILES string of the molecule is Br.O=C1c2ccccc2C(=O)N1CCc1cn2cccc(O)c2n1. The summed E-state index contributed by atoms with van der Waals surface area (Å²) in [5.74, 6) is -0.436. The molecule has 0 fully saturated rings. The Labute approximate surface area is 148 Å². The fourth-order valence-corrected chi connectivity index (χ4v) is 2.84. The number of amides is 2. The van der Waals surface area contributed by atoms with E-state index in [0.717, 1.165) is 0 Å². The Hall–Kier alpha value is -2.67. The van der Waals surface area contributed by atoms with Gasteiger partial charge in [-0.1, -0.05) is 12.1 Å². The van der Waals surface area contributed by atoms with Gasteiger partial charge in [-0.05, 0) is 24.3 Å². The van der Waals surface area contributed by atoms with Crippen LogP contribution in [0.4, 0.5) is 0 Å². The van der Waals surface area contributed by atoms with Gasteiger partial charge in [0.2, 0.25) is 0 Å². The molecule has 1 aromatic carbocycles. The summed E-state index contributed by atoms with van der Waals surface area (Å²) in [5.41, 5.74) is 2.07. The van der Waals surface area contributed by atoms with Crippen LogP contribution in [0, 0.1) is 0 Å². The van der Waals surface area contributed by atoms with Crippen molar-refractivity contribution in [3.05, 3.63) is 65.6 Å². The molecule has 0 atom stereocenters. The number of aromatic hydroxyl groups is 1. The van der Waals surface area contributed by atoms with Crippen molar-refractivity contribution in [2.45, 2.75) is 6.42 Å². The predicted octanol–water partition coefficient (Wildman–Crippen LogP) is 2.46. The number of halogens is 1. The van der Waals surface area contributed by atoms with Crippen LogP contribution in [0.2, 0.25) is 0 Å². The van der Waals surface area contributed by atoms with Crippen molar-refractivity contribution in [2.75, 3.05) is 6.54 Å². The maximum Gasteiger partial charge on any atom is 0.261 e. The molecule has 6 nitrogen and oxygen atoms in total. The smallest absolute Gasteiger partial charge is 0.261 e. The van der Waals surface area contributed by atoms with Crippen LogP contribution < -0.4 is 0 Å².